The van der Waals surface area contributed by atoms with Gasteiger partial charge >= 0.3 is 5.97 Å². The monoisotopic (exact) mass is 238 g/mol. The number of likely N-dealkylation sites (tertiary alicyclic amines) is 1. The van der Waals surface area contributed by atoms with Gasteiger partial charge in [0.1, 0.15) is 0 Å². The van der Waals surface area contributed by atoms with Gasteiger partial charge < -0.3 is 15.3 Å². The summed E-state index contributed by atoms with van der Waals surface area (Å²) in [7, 11) is 0. The Balaban J connectivity index is 1.92. The topological polar surface area (TPSA) is 69.6 Å². The molecule has 5 nitrogen and oxygen atoms in total. The van der Waals surface area contributed by atoms with Gasteiger partial charge in [-0.15, -0.1) is 0 Å². The van der Waals surface area contributed by atoms with Crippen molar-refractivity contribution in [3.63, 3.8) is 0 Å². The molecule has 17 heavy (non-hydrogen) atoms. The molecule has 2 aliphatic rings. The second-order valence-electron chi connectivity index (χ2n) is 4.84. The van der Waals surface area contributed by atoms with E-state index in [1.54, 1.807) is 4.90 Å². The van der Waals surface area contributed by atoms with E-state index in [0.717, 1.165) is 25.1 Å². The number of amides is 1. The van der Waals surface area contributed by atoms with Crippen molar-refractivity contribution in [3.8, 4) is 0 Å². The molecule has 1 amide bonds. The van der Waals surface area contributed by atoms with Crippen molar-refractivity contribution in [2.45, 2.75) is 19.8 Å². The normalized spacial score (nSPS) is 23.5. The number of hydrogen-bond donors (Lipinski definition) is 2. The zero-order valence-electron chi connectivity index (χ0n) is 10.0. The van der Waals surface area contributed by atoms with Crippen molar-refractivity contribution in [2.75, 3.05) is 26.2 Å². The lowest BCUT2D eigenvalue weighted by molar-refractivity contribution is -0.138. The molecule has 0 aromatic carbocycles. The minimum atomic E-state index is -0.775. The van der Waals surface area contributed by atoms with Crippen LogP contribution in [0, 0.1) is 5.92 Å². The summed E-state index contributed by atoms with van der Waals surface area (Å²) in [5.41, 5.74) is 2.01. The Morgan fingerprint density at radius 1 is 1.47 bits per heavy atom. The lowest BCUT2D eigenvalue weighted by Crippen LogP contribution is -2.38. The van der Waals surface area contributed by atoms with Crippen LogP contribution >= 0.6 is 0 Å². The van der Waals surface area contributed by atoms with Gasteiger partial charge in [-0.1, -0.05) is 0 Å². The highest BCUT2D eigenvalue weighted by Crippen LogP contribution is 2.22. The largest absolute Gasteiger partial charge is 0.481 e. The molecule has 2 N–H and O–H groups in total. The van der Waals surface area contributed by atoms with E-state index in [0.29, 0.717) is 13.1 Å². The molecule has 0 aromatic rings. The fourth-order valence-corrected chi connectivity index (χ4v) is 2.33. The van der Waals surface area contributed by atoms with Crippen molar-refractivity contribution in [1.29, 1.82) is 0 Å². The molecule has 2 rings (SSSR count). The van der Waals surface area contributed by atoms with Gasteiger partial charge in [0, 0.05) is 38.2 Å². The minimum absolute atomic E-state index is 0.0781. The fourth-order valence-electron chi connectivity index (χ4n) is 2.33. The van der Waals surface area contributed by atoms with Crippen LogP contribution in [0.15, 0.2) is 11.1 Å². The van der Waals surface area contributed by atoms with Crippen molar-refractivity contribution in [2.24, 2.45) is 5.92 Å². The Bertz CT molecular complexity index is 370. The van der Waals surface area contributed by atoms with Crippen molar-refractivity contribution < 1.29 is 14.7 Å². The summed E-state index contributed by atoms with van der Waals surface area (Å²) in [6.45, 7) is 4.76. The van der Waals surface area contributed by atoms with E-state index in [4.69, 9.17) is 5.11 Å². The minimum Gasteiger partial charge on any atom is -0.481 e. The molecule has 0 saturated carbocycles. The van der Waals surface area contributed by atoms with Gasteiger partial charge in [-0.25, -0.2) is 0 Å². The van der Waals surface area contributed by atoms with Gasteiger partial charge in [0.05, 0.1) is 0 Å². The van der Waals surface area contributed by atoms with Gasteiger partial charge in [0.15, 0.2) is 0 Å². The number of rotatable bonds is 3. The highest BCUT2D eigenvalue weighted by Gasteiger charge is 2.29. The number of carboxylic acids is 1. The van der Waals surface area contributed by atoms with Gasteiger partial charge in [0.25, 0.3) is 0 Å². The van der Waals surface area contributed by atoms with Crippen LogP contribution in [-0.4, -0.2) is 48.1 Å². The van der Waals surface area contributed by atoms with Crippen LogP contribution in [0.3, 0.4) is 0 Å². The lowest BCUT2D eigenvalue weighted by atomic mass is 10.0. The number of nitrogens with zero attached hydrogens (tertiary/aromatic N) is 1. The second kappa shape index (κ2) is 4.87. The summed E-state index contributed by atoms with van der Waals surface area (Å²) >= 11 is 0. The summed E-state index contributed by atoms with van der Waals surface area (Å²) in [4.78, 5) is 24.5. The van der Waals surface area contributed by atoms with Gasteiger partial charge in [-0.3, -0.25) is 9.59 Å². The summed E-state index contributed by atoms with van der Waals surface area (Å²) in [5.74, 6) is -0.578. The zero-order valence-corrected chi connectivity index (χ0v) is 10.0. The molecule has 0 spiro atoms. The third-order valence-electron chi connectivity index (χ3n) is 3.56. The number of aliphatic carboxylic acids is 1. The molecule has 1 atom stereocenters. The van der Waals surface area contributed by atoms with Crippen LogP contribution in [0.4, 0.5) is 0 Å². The first-order chi connectivity index (χ1) is 8.08. The van der Waals surface area contributed by atoms with Gasteiger partial charge in [0.2, 0.25) is 5.91 Å². The Morgan fingerprint density at radius 3 is 2.71 bits per heavy atom. The molecule has 2 heterocycles. The van der Waals surface area contributed by atoms with Crippen molar-refractivity contribution in [1.82, 2.24) is 10.2 Å². The van der Waals surface area contributed by atoms with Gasteiger partial charge in [-0.2, -0.15) is 0 Å². The molecule has 0 bridgehead atoms. The first kappa shape index (κ1) is 12.1. The molecular formula is C12H18N2O3. The second-order valence-corrected chi connectivity index (χ2v) is 4.84. The molecule has 0 aromatic heterocycles. The van der Waals surface area contributed by atoms with Crippen molar-refractivity contribution in [3.05, 3.63) is 11.1 Å². The third kappa shape index (κ3) is 2.66. The molecule has 2 fully saturated rings. The molecule has 94 valence electrons. The Hall–Kier alpha value is -1.36. The summed E-state index contributed by atoms with van der Waals surface area (Å²) in [6, 6.07) is 0. The van der Waals surface area contributed by atoms with E-state index in [9.17, 15) is 9.59 Å². The number of carboxylic acid groups (broad SMARTS) is 1. The zero-order chi connectivity index (χ0) is 12.4. The number of carbonyl (C=O) groups excluding carboxylic acids is 1. The molecule has 0 radical (unpaired) electrons. The predicted molar refractivity (Wildman–Crippen MR) is 62.5 cm³/mol. The summed E-state index contributed by atoms with van der Waals surface area (Å²) < 4.78 is 0. The average Bonchev–Trinajstić information content (AvgIpc) is 2.61. The van der Waals surface area contributed by atoms with Crippen LogP contribution in [0.25, 0.3) is 0 Å². The molecule has 1 unspecified atom stereocenters. The van der Waals surface area contributed by atoms with E-state index in [2.05, 4.69) is 5.32 Å². The smallest absolute Gasteiger partial charge is 0.303 e. The summed E-state index contributed by atoms with van der Waals surface area (Å²) in [6.07, 6.45) is 0.972. The van der Waals surface area contributed by atoms with Crippen LogP contribution in [0.2, 0.25) is 0 Å². The molecular weight excluding hydrogens is 220 g/mol. The lowest BCUT2D eigenvalue weighted by Gasteiger charge is -2.24. The quantitative estimate of drug-likeness (QED) is 0.691. The van der Waals surface area contributed by atoms with Crippen LogP contribution in [-0.2, 0) is 9.59 Å². The van der Waals surface area contributed by atoms with Crippen molar-refractivity contribution >= 4 is 11.9 Å². The van der Waals surface area contributed by atoms with E-state index < -0.39 is 5.97 Å². The van der Waals surface area contributed by atoms with Gasteiger partial charge in [-0.05, 0) is 24.8 Å². The highest BCUT2D eigenvalue weighted by molar-refractivity contribution is 5.94. The van der Waals surface area contributed by atoms with Crippen LogP contribution < -0.4 is 5.32 Å². The molecule has 2 aliphatic heterocycles. The molecule has 5 heteroatoms. The number of hydrogen-bond acceptors (Lipinski definition) is 3. The van der Waals surface area contributed by atoms with Crippen LogP contribution in [0.5, 0.6) is 0 Å². The summed E-state index contributed by atoms with van der Waals surface area (Å²) in [5, 5.41) is 11.8. The maximum atomic E-state index is 12.1. The first-order valence-corrected chi connectivity index (χ1v) is 5.98. The number of carbonyl (C=O) groups is 2. The van der Waals surface area contributed by atoms with E-state index in [1.807, 2.05) is 6.92 Å². The van der Waals surface area contributed by atoms with E-state index >= 15 is 0 Å². The Kier molecular flexibility index (Phi) is 3.47. The van der Waals surface area contributed by atoms with E-state index in [-0.39, 0.29) is 18.2 Å². The first-order valence-electron chi connectivity index (χ1n) is 5.98. The fraction of sp³-hybridized carbons (Fsp3) is 0.667. The highest BCUT2D eigenvalue weighted by atomic mass is 16.4. The maximum Gasteiger partial charge on any atom is 0.303 e. The van der Waals surface area contributed by atoms with E-state index in [1.165, 1.54) is 5.57 Å². The number of nitrogens with one attached hydrogen (secondary N) is 1. The maximum absolute atomic E-state index is 12.1. The van der Waals surface area contributed by atoms with Crippen LogP contribution in [0.1, 0.15) is 19.8 Å². The standard InChI is InChI=1S/C12H18N2O3/c1-8(10-5-13-6-10)12(17)14-3-2-9(7-14)4-11(15)16/h9,13H,2-7H2,1H3,(H,15,16). The third-order valence-corrected chi connectivity index (χ3v) is 3.56. The average molecular weight is 238 g/mol. The molecule has 0 aliphatic carbocycles. The predicted octanol–water partition coefficient (Wildman–Crippen LogP) is 0.229. The SMILES string of the molecule is CC(C(=O)N1CCC(CC(=O)O)C1)=C1CNC1. The Morgan fingerprint density at radius 2 is 2.18 bits per heavy atom. The molecule has 2 saturated heterocycles. The Labute approximate surface area is 100 Å².